The zero-order valence-electron chi connectivity index (χ0n) is 14.3. The van der Waals surface area contributed by atoms with E-state index in [2.05, 4.69) is 15.2 Å². The number of hydrogen-bond acceptors (Lipinski definition) is 8. The van der Waals surface area contributed by atoms with E-state index >= 15 is 0 Å². The smallest absolute Gasteiger partial charge is 0.276 e. The molecular formula is C19H15N3O4S. The average Bonchev–Trinajstić information content (AvgIpc) is 3.43. The summed E-state index contributed by atoms with van der Waals surface area (Å²) >= 11 is 1.52. The predicted molar refractivity (Wildman–Crippen MR) is 98.9 cm³/mol. The molecule has 1 aliphatic rings. The summed E-state index contributed by atoms with van der Waals surface area (Å²) in [5.41, 5.74) is 2.53. The summed E-state index contributed by atoms with van der Waals surface area (Å²) in [6.07, 6.45) is 1.67. The van der Waals surface area contributed by atoms with Crippen molar-refractivity contribution in [3.63, 3.8) is 0 Å². The van der Waals surface area contributed by atoms with E-state index in [1.807, 2.05) is 42.5 Å². The Morgan fingerprint density at radius 1 is 0.963 bits per heavy atom. The highest BCUT2D eigenvalue weighted by Crippen LogP contribution is 2.36. The highest BCUT2D eigenvalue weighted by Gasteiger charge is 2.16. The molecule has 7 nitrogen and oxygen atoms in total. The Morgan fingerprint density at radius 3 is 2.85 bits per heavy atom. The van der Waals surface area contributed by atoms with E-state index in [0.717, 1.165) is 46.9 Å². The van der Waals surface area contributed by atoms with Gasteiger partial charge in [0.15, 0.2) is 23.0 Å². The largest absolute Gasteiger partial charge is 0.454 e. The highest BCUT2D eigenvalue weighted by molar-refractivity contribution is 7.99. The molecule has 136 valence electrons. The van der Waals surface area contributed by atoms with Crippen molar-refractivity contribution < 1.29 is 18.3 Å². The number of benzene rings is 2. The Labute approximate surface area is 158 Å². The zero-order chi connectivity index (χ0) is 18.1. The van der Waals surface area contributed by atoms with Gasteiger partial charge in [-0.2, -0.15) is 0 Å². The van der Waals surface area contributed by atoms with Gasteiger partial charge in [0.2, 0.25) is 12.7 Å². The number of ether oxygens (including phenoxy) is 2. The van der Waals surface area contributed by atoms with Gasteiger partial charge in [-0.15, -0.1) is 10.2 Å². The zero-order valence-corrected chi connectivity index (χ0v) is 15.1. The van der Waals surface area contributed by atoms with Crippen LogP contribution in [0.15, 0.2) is 56.5 Å². The van der Waals surface area contributed by atoms with Crippen molar-refractivity contribution in [3.8, 4) is 23.0 Å². The fourth-order valence-corrected chi connectivity index (χ4v) is 3.52. The number of oxazole rings is 1. The van der Waals surface area contributed by atoms with Gasteiger partial charge in [0.25, 0.3) is 5.22 Å². The van der Waals surface area contributed by atoms with E-state index in [1.165, 1.54) is 11.8 Å². The minimum Gasteiger partial charge on any atom is -0.454 e. The molecule has 0 radical (unpaired) electrons. The first-order valence-electron chi connectivity index (χ1n) is 8.56. The Bertz CT molecular complexity index is 1060. The maximum absolute atomic E-state index is 5.74. The van der Waals surface area contributed by atoms with Crippen LogP contribution in [0.4, 0.5) is 0 Å². The first kappa shape index (κ1) is 16.2. The Hall–Kier alpha value is -3.00. The fourth-order valence-electron chi connectivity index (χ4n) is 2.82. The molecule has 0 fully saturated rings. The van der Waals surface area contributed by atoms with E-state index in [4.69, 9.17) is 18.3 Å². The minimum atomic E-state index is 0.240. The molecule has 0 bridgehead atoms. The molecule has 5 rings (SSSR count). The number of aryl methyl sites for hydroxylation is 1. The summed E-state index contributed by atoms with van der Waals surface area (Å²) in [6, 6.07) is 13.3. The molecule has 0 saturated heterocycles. The number of hydrogen-bond donors (Lipinski definition) is 0. The van der Waals surface area contributed by atoms with Gasteiger partial charge < -0.3 is 18.3 Å². The molecule has 0 unspecified atom stereocenters. The normalized spacial score (nSPS) is 12.7. The standard InChI is InChI=1S/C19H15N3O4S/c1-2-5-14-13(4-1)20-17(25-14)6-3-9-27-19-22-21-18(26-19)12-7-8-15-16(10-12)24-11-23-15/h1-2,4-5,7-8,10H,3,6,9,11H2. The molecule has 4 aromatic rings. The minimum absolute atomic E-state index is 0.240. The Morgan fingerprint density at radius 2 is 1.89 bits per heavy atom. The van der Waals surface area contributed by atoms with E-state index in [0.29, 0.717) is 16.9 Å². The lowest BCUT2D eigenvalue weighted by molar-refractivity contribution is 0.174. The highest BCUT2D eigenvalue weighted by atomic mass is 32.2. The number of para-hydroxylation sites is 2. The Kier molecular flexibility index (Phi) is 4.17. The third kappa shape index (κ3) is 3.35. The second-order valence-corrected chi connectivity index (χ2v) is 7.01. The summed E-state index contributed by atoms with van der Waals surface area (Å²) in [5.74, 6) is 3.48. The van der Waals surface area contributed by atoms with E-state index in [9.17, 15) is 0 Å². The van der Waals surface area contributed by atoms with E-state index in [-0.39, 0.29) is 6.79 Å². The first-order chi connectivity index (χ1) is 13.3. The van der Waals surface area contributed by atoms with Crippen molar-refractivity contribution in [1.29, 1.82) is 0 Å². The molecule has 8 heteroatoms. The summed E-state index contributed by atoms with van der Waals surface area (Å²) < 4.78 is 22.1. The van der Waals surface area contributed by atoms with Gasteiger partial charge in [-0.25, -0.2) is 4.98 Å². The molecule has 2 aromatic carbocycles. The number of aromatic nitrogens is 3. The van der Waals surface area contributed by atoms with Crippen molar-refractivity contribution in [3.05, 3.63) is 48.4 Å². The van der Waals surface area contributed by atoms with Crippen LogP contribution < -0.4 is 9.47 Å². The van der Waals surface area contributed by atoms with E-state index in [1.54, 1.807) is 0 Å². The molecule has 0 atom stereocenters. The van der Waals surface area contributed by atoms with Crippen molar-refractivity contribution >= 4 is 22.9 Å². The third-order valence-electron chi connectivity index (χ3n) is 4.12. The van der Waals surface area contributed by atoms with Gasteiger partial charge in [0, 0.05) is 17.7 Å². The van der Waals surface area contributed by atoms with Crippen LogP contribution in [0.2, 0.25) is 0 Å². The van der Waals surface area contributed by atoms with Crippen LogP contribution in [-0.4, -0.2) is 27.7 Å². The second kappa shape index (κ2) is 6.96. The molecule has 27 heavy (non-hydrogen) atoms. The van der Waals surface area contributed by atoms with Crippen molar-refractivity contribution in [2.45, 2.75) is 18.1 Å². The van der Waals surface area contributed by atoms with Gasteiger partial charge in [0.1, 0.15) is 5.52 Å². The third-order valence-corrected chi connectivity index (χ3v) is 5.03. The van der Waals surface area contributed by atoms with Crippen LogP contribution in [0.1, 0.15) is 12.3 Å². The number of rotatable bonds is 6. The van der Waals surface area contributed by atoms with Crippen LogP contribution in [0.5, 0.6) is 11.5 Å². The quantitative estimate of drug-likeness (QED) is 0.360. The van der Waals surface area contributed by atoms with Gasteiger partial charge >= 0.3 is 0 Å². The fraction of sp³-hybridized carbons (Fsp3) is 0.211. The summed E-state index contributed by atoms with van der Waals surface area (Å²) in [5, 5.41) is 8.76. The number of nitrogens with zero attached hydrogens (tertiary/aromatic N) is 3. The monoisotopic (exact) mass is 381 g/mol. The maximum atomic E-state index is 5.74. The lowest BCUT2D eigenvalue weighted by Crippen LogP contribution is -1.92. The van der Waals surface area contributed by atoms with Gasteiger partial charge in [-0.05, 0) is 36.8 Å². The van der Waals surface area contributed by atoms with Crippen molar-refractivity contribution in [2.24, 2.45) is 0 Å². The molecular weight excluding hydrogens is 366 g/mol. The molecule has 0 saturated carbocycles. The lowest BCUT2D eigenvalue weighted by Gasteiger charge is -1.98. The Balaban J connectivity index is 1.17. The second-order valence-electron chi connectivity index (χ2n) is 5.97. The average molecular weight is 381 g/mol. The topological polar surface area (TPSA) is 83.4 Å². The molecule has 0 aliphatic carbocycles. The molecule has 0 N–H and O–H groups in total. The molecule has 3 heterocycles. The summed E-state index contributed by atoms with van der Waals surface area (Å²) in [6.45, 7) is 0.240. The molecule has 0 amide bonds. The summed E-state index contributed by atoms with van der Waals surface area (Å²) in [4.78, 5) is 4.48. The summed E-state index contributed by atoms with van der Waals surface area (Å²) in [7, 11) is 0. The molecule has 0 spiro atoms. The number of fused-ring (bicyclic) bond motifs is 2. The van der Waals surface area contributed by atoms with Crippen LogP contribution in [0.3, 0.4) is 0 Å². The molecule has 2 aromatic heterocycles. The maximum Gasteiger partial charge on any atom is 0.276 e. The van der Waals surface area contributed by atoms with Crippen LogP contribution in [0.25, 0.3) is 22.6 Å². The van der Waals surface area contributed by atoms with Crippen LogP contribution in [0, 0.1) is 0 Å². The van der Waals surface area contributed by atoms with E-state index < -0.39 is 0 Å². The number of thioether (sulfide) groups is 1. The predicted octanol–water partition coefficient (Wildman–Crippen LogP) is 4.33. The first-order valence-corrected chi connectivity index (χ1v) is 9.54. The lowest BCUT2D eigenvalue weighted by atomic mass is 10.2. The van der Waals surface area contributed by atoms with Crippen molar-refractivity contribution in [2.75, 3.05) is 12.5 Å². The van der Waals surface area contributed by atoms with Crippen LogP contribution in [-0.2, 0) is 6.42 Å². The van der Waals surface area contributed by atoms with Gasteiger partial charge in [-0.1, -0.05) is 23.9 Å². The van der Waals surface area contributed by atoms with Gasteiger partial charge in [-0.3, -0.25) is 0 Å². The van der Waals surface area contributed by atoms with Crippen molar-refractivity contribution in [1.82, 2.24) is 15.2 Å². The SMILES string of the molecule is c1ccc2oc(CCCSc3nnc(-c4ccc5c(c4)OCO5)o3)nc2c1. The van der Waals surface area contributed by atoms with Gasteiger partial charge in [0.05, 0.1) is 0 Å². The van der Waals surface area contributed by atoms with Crippen LogP contribution >= 0.6 is 11.8 Å². The molecule has 1 aliphatic heterocycles.